The first kappa shape index (κ1) is 13.9. The fourth-order valence-corrected chi connectivity index (χ4v) is 0.854. The second-order valence-corrected chi connectivity index (χ2v) is 3.30. The first-order chi connectivity index (χ1) is 7.27. The Bertz CT molecular complexity index is 334. The van der Waals surface area contributed by atoms with Crippen LogP contribution >= 0.6 is 0 Å². The number of hydrogen-bond acceptors (Lipinski definition) is 3. The number of carbonyl (C=O) groups excluding carboxylic acids is 3. The van der Waals surface area contributed by atoms with Gasteiger partial charge in [-0.05, 0) is 13.8 Å². The number of nitrogens with zero attached hydrogens (tertiary/aromatic N) is 1. The van der Waals surface area contributed by atoms with E-state index in [9.17, 15) is 14.4 Å². The number of amides is 4. The van der Waals surface area contributed by atoms with Crippen LogP contribution in [0.3, 0.4) is 0 Å². The molecule has 0 aliphatic rings. The van der Waals surface area contributed by atoms with E-state index in [4.69, 9.17) is 5.73 Å². The average Bonchev–Trinajstić information content (AvgIpc) is 2.16. The molecule has 0 saturated heterocycles. The molecule has 6 heteroatoms. The largest absolute Gasteiger partial charge is 0.352 e. The molecule has 3 N–H and O–H groups in total. The van der Waals surface area contributed by atoms with Gasteiger partial charge in [-0.15, -0.1) is 0 Å². The number of imide groups is 1. The van der Waals surface area contributed by atoms with E-state index >= 15 is 0 Å². The highest BCUT2D eigenvalue weighted by Gasteiger charge is 2.22. The van der Waals surface area contributed by atoms with Gasteiger partial charge in [0.1, 0.15) is 6.67 Å². The number of nitrogens with two attached hydrogens (primary N) is 1. The molecule has 0 fully saturated rings. The minimum atomic E-state index is -0.825. The van der Waals surface area contributed by atoms with Crippen molar-refractivity contribution in [2.45, 2.75) is 13.8 Å². The smallest absolute Gasteiger partial charge is 0.313 e. The molecule has 0 aromatic carbocycles. The van der Waals surface area contributed by atoms with E-state index in [1.807, 2.05) is 0 Å². The van der Waals surface area contributed by atoms with Gasteiger partial charge >= 0.3 is 6.03 Å². The minimum absolute atomic E-state index is 0.181. The molecule has 0 rings (SSSR count). The van der Waals surface area contributed by atoms with Crippen LogP contribution in [-0.2, 0) is 9.59 Å². The molecule has 0 aromatic rings. The molecule has 0 saturated carbocycles. The van der Waals surface area contributed by atoms with E-state index in [1.165, 1.54) is 13.8 Å². The second kappa shape index (κ2) is 5.69. The summed E-state index contributed by atoms with van der Waals surface area (Å²) >= 11 is 0. The van der Waals surface area contributed by atoms with Gasteiger partial charge in [0.2, 0.25) is 0 Å². The lowest BCUT2D eigenvalue weighted by molar-refractivity contribution is -0.140. The number of primary amides is 1. The van der Waals surface area contributed by atoms with Crippen molar-refractivity contribution in [2.24, 2.45) is 5.73 Å². The molecule has 0 radical (unpaired) electrons. The van der Waals surface area contributed by atoms with Crippen LogP contribution in [-0.4, -0.2) is 29.4 Å². The third-order valence-electron chi connectivity index (χ3n) is 1.63. The molecule has 0 atom stereocenters. The zero-order chi connectivity index (χ0) is 12.9. The third kappa shape index (κ3) is 3.95. The standard InChI is InChI=1S/C10H15N3O3/c1-6(2)8(14)13(5-12-10(11)16)9(15)7(3)4/h1,3,5H2,2,4H3,(H3,11,12,16). The van der Waals surface area contributed by atoms with Crippen molar-refractivity contribution in [1.29, 1.82) is 0 Å². The second-order valence-electron chi connectivity index (χ2n) is 3.30. The molecule has 0 heterocycles. The Balaban J connectivity index is 4.83. The van der Waals surface area contributed by atoms with E-state index in [-0.39, 0.29) is 17.8 Å². The predicted molar refractivity (Wildman–Crippen MR) is 59.1 cm³/mol. The van der Waals surface area contributed by atoms with Crippen molar-refractivity contribution < 1.29 is 14.4 Å². The zero-order valence-corrected chi connectivity index (χ0v) is 9.37. The summed E-state index contributed by atoms with van der Waals surface area (Å²) in [5.74, 6) is -1.16. The number of carbonyl (C=O) groups is 3. The Kier molecular flexibility index (Phi) is 4.94. The predicted octanol–water partition coefficient (Wildman–Crippen LogP) is 0.120. The molecule has 0 aliphatic heterocycles. The van der Waals surface area contributed by atoms with Gasteiger partial charge in [0.15, 0.2) is 0 Å². The monoisotopic (exact) mass is 225 g/mol. The van der Waals surface area contributed by atoms with Crippen LogP contribution in [0.4, 0.5) is 4.79 Å². The maximum Gasteiger partial charge on any atom is 0.313 e. The van der Waals surface area contributed by atoms with Gasteiger partial charge < -0.3 is 11.1 Å². The van der Waals surface area contributed by atoms with Gasteiger partial charge in [-0.25, -0.2) is 4.79 Å². The summed E-state index contributed by atoms with van der Waals surface area (Å²) in [5.41, 5.74) is 5.21. The summed E-state index contributed by atoms with van der Waals surface area (Å²) in [7, 11) is 0. The normalized spacial score (nSPS) is 9.12. The van der Waals surface area contributed by atoms with Crippen molar-refractivity contribution >= 4 is 17.8 Å². The van der Waals surface area contributed by atoms with Gasteiger partial charge in [0.25, 0.3) is 11.8 Å². The van der Waals surface area contributed by atoms with E-state index in [0.29, 0.717) is 0 Å². The lowest BCUT2D eigenvalue weighted by Gasteiger charge is -2.20. The number of urea groups is 1. The van der Waals surface area contributed by atoms with Crippen LogP contribution in [0, 0.1) is 0 Å². The Hall–Kier alpha value is -2.11. The van der Waals surface area contributed by atoms with Crippen molar-refractivity contribution in [3.8, 4) is 0 Å². The van der Waals surface area contributed by atoms with Crippen LogP contribution in [0.5, 0.6) is 0 Å². The highest BCUT2D eigenvalue weighted by atomic mass is 16.2. The third-order valence-corrected chi connectivity index (χ3v) is 1.63. The van der Waals surface area contributed by atoms with E-state index in [2.05, 4.69) is 18.5 Å². The van der Waals surface area contributed by atoms with Crippen molar-refractivity contribution in [2.75, 3.05) is 6.67 Å². The number of nitrogens with one attached hydrogen (secondary N) is 1. The maximum atomic E-state index is 11.6. The highest BCUT2D eigenvalue weighted by Crippen LogP contribution is 2.03. The summed E-state index contributed by atoms with van der Waals surface area (Å²) in [4.78, 5) is 34.5. The summed E-state index contributed by atoms with van der Waals surface area (Å²) in [5, 5.41) is 2.16. The van der Waals surface area contributed by atoms with Gasteiger partial charge in [0, 0.05) is 11.1 Å². The summed E-state index contributed by atoms with van der Waals surface area (Å²) in [6.45, 7) is 9.48. The molecular weight excluding hydrogens is 210 g/mol. The van der Waals surface area contributed by atoms with Gasteiger partial charge in [-0.3, -0.25) is 14.5 Å². The summed E-state index contributed by atoms with van der Waals surface area (Å²) < 4.78 is 0. The Morgan fingerprint density at radius 2 is 1.50 bits per heavy atom. The van der Waals surface area contributed by atoms with Crippen molar-refractivity contribution in [3.63, 3.8) is 0 Å². The van der Waals surface area contributed by atoms with Gasteiger partial charge in [-0.1, -0.05) is 13.2 Å². The summed E-state index contributed by atoms with van der Waals surface area (Å²) in [6, 6.07) is -0.825. The average molecular weight is 225 g/mol. The first-order valence-electron chi connectivity index (χ1n) is 4.48. The number of rotatable bonds is 4. The van der Waals surface area contributed by atoms with Crippen LogP contribution in [0.2, 0.25) is 0 Å². The Labute approximate surface area is 93.8 Å². The van der Waals surface area contributed by atoms with Crippen LogP contribution in [0.15, 0.2) is 24.3 Å². The van der Waals surface area contributed by atoms with Crippen LogP contribution < -0.4 is 11.1 Å². The quantitative estimate of drug-likeness (QED) is 0.525. The Morgan fingerprint density at radius 1 is 1.12 bits per heavy atom. The van der Waals surface area contributed by atoms with Gasteiger partial charge in [0.05, 0.1) is 0 Å². The molecule has 0 aliphatic carbocycles. The van der Waals surface area contributed by atoms with E-state index < -0.39 is 17.8 Å². The van der Waals surface area contributed by atoms with E-state index in [0.717, 1.165) is 4.90 Å². The molecule has 88 valence electrons. The van der Waals surface area contributed by atoms with Crippen LogP contribution in [0.25, 0.3) is 0 Å². The lowest BCUT2D eigenvalue weighted by Crippen LogP contribution is -2.46. The molecule has 0 bridgehead atoms. The Morgan fingerprint density at radius 3 is 1.75 bits per heavy atom. The minimum Gasteiger partial charge on any atom is -0.352 e. The topological polar surface area (TPSA) is 92.5 Å². The molecule has 16 heavy (non-hydrogen) atoms. The molecule has 0 unspecified atom stereocenters. The van der Waals surface area contributed by atoms with Crippen molar-refractivity contribution in [3.05, 3.63) is 24.3 Å². The maximum absolute atomic E-state index is 11.6. The molecule has 6 nitrogen and oxygen atoms in total. The first-order valence-corrected chi connectivity index (χ1v) is 4.48. The number of hydrogen-bond donors (Lipinski definition) is 2. The SMILES string of the molecule is C=C(C)C(=O)N(CNC(N)=O)C(=O)C(=C)C. The molecule has 0 spiro atoms. The molecule has 0 aromatic heterocycles. The lowest BCUT2D eigenvalue weighted by atomic mass is 10.2. The molecular formula is C10H15N3O3. The van der Waals surface area contributed by atoms with Crippen molar-refractivity contribution in [1.82, 2.24) is 10.2 Å². The highest BCUT2D eigenvalue weighted by molar-refractivity contribution is 6.08. The van der Waals surface area contributed by atoms with E-state index in [1.54, 1.807) is 0 Å². The van der Waals surface area contributed by atoms with Crippen LogP contribution in [0.1, 0.15) is 13.8 Å². The fraction of sp³-hybridized carbons (Fsp3) is 0.300. The van der Waals surface area contributed by atoms with Gasteiger partial charge in [-0.2, -0.15) is 0 Å². The molecule has 4 amide bonds. The fourth-order valence-electron chi connectivity index (χ4n) is 0.854. The zero-order valence-electron chi connectivity index (χ0n) is 9.37. The summed E-state index contributed by atoms with van der Waals surface area (Å²) in [6.07, 6.45) is 0.